The van der Waals surface area contributed by atoms with Gasteiger partial charge in [-0.3, -0.25) is 14.5 Å². The van der Waals surface area contributed by atoms with Gasteiger partial charge in [-0.1, -0.05) is 99.4 Å². The van der Waals surface area contributed by atoms with Crippen LogP contribution >= 0.6 is 23.2 Å². The van der Waals surface area contributed by atoms with Gasteiger partial charge in [-0.25, -0.2) is 19.6 Å². The zero-order valence-corrected chi connectivity index (χ0v) is 37.7. The number of likely N-dealkylation sites (N-methyl/N-ethyl adjacent to an activating group) is 1. The smallest absolute Gasteiger partial charge is 0.407 e. The third kappa shape index (κ3) is 8.59. The third-order valence-corrected chi connectivity index (χ3v) is 13.0. The summed E-state index contributed by atoms with van der Waals surface area (Å²) in [7, 11) is 2.71. The van der Waals surface area contributed by atoms with Crippen molar-refractivity contribution in [1.82, 2.24) is 40.0 Å². The Morgan fingerprint density at radius 3 is 1.69 bits per heavy atom. The van der Waals surface area contributed by atoms with Crippen molar-refractivity contribution < 1.29 is 29.0 Å². The number of imidazole rings is 2. The van der Waals surface area contributed by atoms with Gasteiger partial charge in [0.15, 0.2) is 10.3 Å². The molecule has 7 rings (SSSR count). The van der Waals surface area contributed by atoms with E-state index in [2.05, 4.69) is 44.5 Å². The number of H-pyrrole nitrogens is 2. The summed E-state index contributed by atoms with van der Waals surface area (Å²) < 4.78 is 4.79. The summed E-state index contributed by atoms with van der Waals surface area (Å²) in [4.78, 5) is 72.5. The summed E-state index contributed by atoms with van der Waals surface area (Å²) in [5.74, 6) is 0.365. The molecule has 4 N–H and O–H groups in total. The number of nitrogens with one attached hydrogen (secondary N) is 3. The molecule has 4 amide bonds. The number of halogens is 2. The maximum absolute atomic E-state index is 13.9. The van der Waals surface area contributed by atoms with E-state index < -0.39 is 24.3 Å². The molecular weight excluding hydrogens is 831 g/mol. The number of ether oxygens (including phenoxy) is 1. The fourth-order valence-electron chi connectivity index (χ4n) is 9.12. The molecule has 2 fully saturated rings. The van der Waals surface area contributed by atoms with Crippen molar-refractivity contribution in [3.63, 3.8) is 0 Å². The predicted molar refractivity (Wildman–Crippen MR) is 240 cm³/mol. The lowest BCUT2D eigenvalue weighted by Gasteiger charge is -2.36. The van der Waals surface area contributed by atoms with Gasteiger partial charge in [0.05, 0.1) is 30.6 Å². The van der Waals surface area contributed by atoms with Gasteiger partial charge in [0, 0.05) is 30.3 Å². The van der Waals surface area contributed by atoms with Crippen LogP contribution in [0.25, 0.3) is 44.4 Å². The summed E-state index contributed by atoms with van der Waals surface area (Å²) in [6, 6.07) is 18.0. The van der Waals surface area contributed by atoms with Crippen LogP contribution in [0.3, 0.4) is 0 Å². The van der Waals surface area contributed by atoms with E-state index in [4.69, 9.17) is 32.9 Å². The highest BCUT2D eigenvalue weighted by molar-refractivity contribution is 6.32. The first-order valence-electron chi connectivity index (χ1n) is 21.1. The van der Waals surface area contributed by atoms with E-state index in [9.17, 15) is 24.3 Å². The first kappa shape index (κ1) is 44.5. The normalized spacial score (nSPS) is 19.9. The minimum Gasteiger partial charge on any atom is -0.465 e. The first-order chi connectivity index (χ1) is 29.5. The van der Waals surface area contributed by atoms with E-state index in [-0.39, 0.29) is 47.8 Å². The van der Waals surface area contributed by atoms with E-state index >= 15 is 0 Å². The monoisotopic (exact) mass is 884 g/mol. The van der Waals surface area contributed by atoms with Gasteiger partial charge in [0.25, 0.3) is 0 Å². The molecule has 16 heteroatoms. The molecule has 2 saturated heterocycles. The fraction of sp³-hybridized carbons (Fsp3) is 0.435. The number of hydrogen-bond donors (Lipinski definition) is 4. The highest BCUT2D eigenvalue weighted by atomic mass is 35.5. The second-order valence-electron chi connectivity index (χ2n) is 17.2. The Morgan fingerprint density at radius 2 is 1.19 bits per heavy atom. The average Bonchev–Trinajstić information content (AvgIpc) is 4.03. The van der Waals surface area contributed by atoms with E-state index in [1.165, 1.54) is 14.2 Å². The second-order valence-corrected chi connectivity index (χ2v) is 18.0. The van der Waals surface area contributed by atoms with Crippen molar-refractivity contribution in [2.24, 2.45) is 11.8 Å². The van der Waals surface area contributed by atoms with E-state index in [0.717, 1.165) is 50.8 Å². The summed E-state index contributed by atoms with van der Waals surface area (Å²) in [5, 5.41) is 15.0. The number of fused-ring (bicyclic) bond motifs is 1. The van der Waals surface area contributed by atoms with Gasteiger partial charge < -0.3 is 34.9 Å². The number of aromatic nitrogens is 4. The van der Waals surface area contributed by atoms with Gasteiger partial charge in [0.2, 0.25) is 11.8 Å². The van der Waals surface area contributed by atoms with Crippen molar-refractivity contribution in [2.45, 2.75) is 103 Å². The van der Waals surface area contributed by atoms with Crippen LogP contribution < -0.4 is 5.32 Å². The zero-order chi connectivity index (χ0) is 44.7. The lowest BCUT2D eigenvalue weighted by molar-refractivity contribution is -0.140. The summed E-state index contributed by atoms with van der Waals surface area (Å²) >= 11 is 13.5. The van der Waals surface area contributed by atoms with Crippen LogP contribution in [0.15, 0.2) is 60.7 Å². The van der Waals surface area contributed by atoms with Gasteiger partial charge in [-0.15, -0.1) is 0 Å². The number of amides is 4. The molecule has 6 atom stereocenters. The van der Waals surface area contributed by atoms with Crippen molar-refractivity contribution >= 4 is 58.0 Å². The van der Waals surface area contributed by atoms with Crippen LogP contribution in [0.4, 0.5) is 9.59 Å². The van der Waals surface area contributed by atoms with Crippen molar-refractivity contribution in [1.29, 1.82) is 0 Å². The molecule has 3 aromatic carbocycles. The Labute approximate surface area is 371 Å². The van der Waals surface area contributed by atoms with Gasteiger partial charge in [0.1, 0.15) is 23.7 Å². The van der Waals surface area contributed by atoms with Crippen LogP contribution in [0.1, 0.15) is 91.0 Å². The highest BCUT2D eigenvalue weighted by Crippen LogP contribution is 2.41. The molecule has 14 nitrogen and oxygen atoms in total. The molecule has 0 spiro atoms. The largest absolute Gasteiger partial charge is 0.465 e. The molecule has 0 unspecified atom stereocenters. The molecule has 0 saturated carbocycles. The number of carboxylic acid groups (broad SMARTS) is 1. The average molecular weight is 886 g/mol. The molecule has 62 heavy (non-hydrogen) atoms. The summed E-state index contributed by atoms with van der Waals surface area (Å²) in [5.41, 5.74) is 5.04. The lowest BCUT2D eigenvalue weighted by atomic mass is 9.98. The Bertz CT molecular complexity index is 2480. The number of likely N-dealkylation sites (tertiary alicyclic amines) is 2. The number of carbonyl (C=O) groups is 4. The van der Waals surface area contributed by atoms with Crippen LogP contribution in [0, 0.1) is 11.8 Å². The topological polar surface area (TPSA) is 177 Å². The maximum atomic E-state index is 13.9. The lowest BCUT2D eigenvalue weighted by Crippen LogP contribution is -2.53. The Kier molecular flexibility index (Phi) is 12.9. The van der Waals surface area contributed by atoms with Crippen LogP contribution in [-0.4, -0.2) is 102 Å². The quantitative estimate of drug-likeness (QED) is 0.101. The molecule has 0 bridgehead atoms. The van der Waals surface area contributed by atoms with Gasteiger partial charge >= 0.3 is 12.2 Å². The van der Waals surface area contributed by atoms with Gasteiger partial charge in [-0.05, 0) is 85.4 Å². The molecule has 2 aliphatic heterocycles. The van der Waals surface area contributed by atoms with E-state index in [0.29, 0.717) is 46.2 Å². The van der Waals surface area contributed by atoms with Crippen LogP contribution in [-0.2, 0) is 14.3 Å². The number of rotatable bonds is 11. The minimum absolute atomic E-state index is 0.0574. The zero-order valence-electron chi connectivity index (χ0n) is 36.2. The molecule has 5 aromatic rings. The standard InChI is InChI=1S/C46H54Cl2N8O6/c1-23(2)35(51-45(59)62-8)43(57)55-25(5)9-19-33(55)41-50-37(40(48)53-41)32-18-17-30-21-29(15-16-31(30)22-32)27-11-13-28(14-12-27)36-39(47)52-42(49-36)34-20-10-26(6)56(34)44(58)38(24(3)4)54(7)46(60)61/h11-18,21-26,33-35,38H,9-10,19-20H2,1-8H3,(H,49,52)(H,50,53)(H,51,59)(H,60,61)/t25-,26-,33-,34-,35-,38-/m0/s1. The van der Waals surface area contributed by atoms with Crippen LogP contribution in [0.2, 0.25) is 10.3 Å². The number of carbonyl (C=O) groups excluding carboxylic acids is 3. The number of aromatic amines is 2. The molecular formula is C46H54Cl2N8O6. The third-order valence-electron chi connectivity index (χ3n) is 12.5. The van der Waals surface area contributed by atoms with E-state index in [1.807, 2.05) is 77.9 Å². The maximum Gasteiger partial charge on any atom is 0.407 e. The number of benzene rings is 3. The molecule has 0 aliphatic carbocycles. The number of methoxy groups -OCH3 is 1. The Morgan fingerprint density at radius 1 is 0.726 bits per heavy atom. The van der Waals surface area contributed by atoms with Crippen molar-refractivity contribution in [3.8, 4) is 33.6 Å². The van der Waals surface area contributed by atoms with E-state index in [1.54, 1.807) is 9.80 Å². The fourth-order valence-corrected chi connectivity index (χ4v) is 9.62. The molecule has 4 heterocycles. The van der Waals surface area contributed by atoms with Crippen LogP contribution in [0.5, 0.6) is 0 Å². The molecule has 2 aromatic heterocycles. The summed E-state index contributed by atoms with van der Waals surface area (Å²) in [6.07, 6.45) is 1.11. The molecule has 2 aliphatic rings. The van der Waals surface area contributed by atoms with Crippen molar-refractivity contribution in [3.05, 3.63) is 82.6 Å². The number of hydrogen-bond acceptors (Lipinski definition) is 7. The van der Waals surface area contributed by atoms with Gasteiger partial charge in [-0.2, -0.15) is 0 Å². The number of nitrogens with zero attached hydrogens (tertiary/aromatic N) is 5. The Balaban J connectivity index is 1.08. The first-order valence-corrected chi connectivity index (χ1v) is 21.8. The Hall–Kier alpha value is -5.60. The predicted octanol–water partition coefficient (Wildman–Crippen LogP) is 9.71. The molecule has 328 valence electrons. The SMILES string of the molecule is COC(=O)N[C@H](C(=O)N1[C@@H](C)CC[C@H]1c1nc(Cl)c(-c2ccc3cc(-c4ccc(-c5[nH]c([C@@H]6CC[C@H](C)N6C(=O)[C@H](C(C)C)N(C)C(=O)O)nc5Cl)cc4)ccc3c2)[nH]1)C(C)C. The minimum atomic E-state index is -1.15. The summed E-state index contributed by atoms with van der Waals surface area (Å²) in [6.45, 7) is 11.4. The second kappa shape index (κ2) is 18.0. The highest BCUT2D eigenvalue weighted by Gasteiger charge is 2.44. The molecule has 0 radical (unpaired) electrons. The number of alkyl carbamates (subject to hydrolysis) is 1. The van der Waals surface area contributed by atoms with Crippen molar-refractivity contribution in [2.75, 3.05) is 14.2 Å².